The molecule has 1 saturated heterocycles. The van der Waals surface area contributed by atoms with E-state index in [1.807, 2.05) is 16.8 Å². The molecule has 88 valence electrons. The molecule has 1 aromatic heterocycles. The molecule has 2 N–H and O–H groups in total. The molecule has 0 bridgehead atoms. The fraction of sp³-hybridized carbons (Fsp3) is 0.545. The van der Waals surface area contributed by atoms with E-state index in [0.29, 0.717) is 26.2 Å². The SMILES string of the molecule is CN(Cc1ccsc1)C(=O)C1(N)CCOC1. The van der Waals surface area contributed by atoms with Crippen LogP contribution >= 0.6 is 11.3 Å². The molecule has 1 atom stereocenters. The third-order valence-corrected chi connectivity index (χ3v) is 3.56. The first-order valence-electron chi connectivity index (χ1n) is 5.25. The Morgan fingerprint density at radius 1 is 1.75 bits per heavy atom. The zero-order valence-electron chi connectivity index (χ0n) is 9.31. The molecular weight excluding hydrogens is 224 g/mol. The second kappa shape index (κ2) is 4.53. The Bertz CT molecular complexity index is 358. The summed E-state index contributed by atoms with van der Waals surface area (Å²) in [6.45, 7) is 1.52. The Kier molecular flexibility index (Phi) is 3.28. The van der Waals surface area contributed by atoms with E-state index in [1.165, 1.54) is 0 Å². The van der Waals surface area contributed by atoms with Gasteiger partial charge in [0, 0.05) is 20.2 Å². The van der Waals surface area contributed by atoms with Crippen LogP contribution in [0, 0.1) is 0 Å². The summed E-state index contributed by atoms with van der Waals surface area (Å²) in [5, 5.41) is 4.04. The molecule has 4 nitrogen and oxygen atoms in total. The van der Waals surface area contributed by atoms with Crippen LogP contribution in [0.2, 0.25) is 0 Å². The molecule has 5 heteroatoms. The molecule has 2 rings (SSSR count). The predicted octanol–water partition coefficient (Wildman–Crippen LogP) is 0.824. The largest absolute Gasteiger partial charge is 0.379 e. The van der Waals surface area contributed by atoms with Crippen molar-refractivity contribution in [2.24, 2.45) is 5.73 Å². The van der Waals surface area contributed by atoms with Crippen molar-refractivity contribution in [2.75, 3.05) is 20.3 Å². The molecule has 1 fully saturated rings. The Hall–Kier alpha value is -0.910. The van der Waals surface area contributed by atoms with E-state index in [0.717, 1.165) is 5.56 Å². The monoisotopic (exact) mass is 240 g/mol. The van der Waals surface area contributed by atoms with Crippen LogP contribution in [0.1, 0.15) is 12.0 Å². The Morgan fingerprint density at radius 3 is 3.12 bits per heavy atom. The van der Waals surface area contributed by atoms with Gasteiger partial charge in [-0.3, -0.25) is 4.79 Å². The van der Waals surface area contributed by atoms with Crippen molar-refractivity contribution < 1.29 is 9.53 Å². The molecule has 2 heterocycles. The number of nitrogens with two attached hydrogens (primary N) is 1. The Labute approximate surface area is 99.0 Å². The molecule has 0 aliphatic carbocycles. The normalized spacial score (nSPS) is 24.6. The minimum absolute atomic E-state index is 0.0313. The van der Waals surface area contributed by atoms with Gasteiger partial charge in [-0.2, -0.15) is 11.3 Å². The van der Waals surface area contributed by atoms with E-state index in [1.54, 1.807) is 23.3 Å². The highest BCUT2D eigenvalue weighted by atomic mass is 32.1. The number of likely N-dealkylation sites (N-methyl/N-ethyl adjacent to an activating group) is 1. The van der Waals surface area contributed by atoms with Gasteiger partial charge in [0.05, 0.1) is 6.61 Å². The van der Waals surface area contributed by atoms with Crippen molar-refractivity contribution in [2.45, 2.75) is 18.5 Å². The van der Waals surface area contributed by atoms with Crippen LogP contribution in [-0.4, -0.2) is 36.6 Å². The van der Waals surface area contributed by atoms with Gasteiger partial charge in [-0.25, -0.2) is 0 Å². The second-order valence-electron chi connectivity index (χ2n) is 4.25. The molecule has 0 spiro atoms. The molecule has 16 heavy (non-hydrogen) atoms. The molecule has 0 radical (unpaired) electrons. The molecular formula is C11H16N2O2S. The smallest absolute Gasteiger partial charge is 0.245 e. The number of thiophene rings is 1. The lowest BCUT2D eigenvalue weighted by molar-refractivity contribution is -0.136. The van der Waals surface area contributed by atoms with Crippen molar-refractivity contribution in [3.63, 3.8) is 0 Å². The van der Waals surface area contributed by atoms with Crippen molar-refractivity contribution in [1.82, 2.24) is 4.90 Å². The summed E-state index contributed by atoms with van der Waals surface area (Å²) in [6.07, 6.45) is 0.611. The first-order valence-corrected chi connectivity index (χ1v) is 6.19. The summed E-state index contributed by atoms with van der Waals surface area (Å²) in [5.41, 5.74) is 6.35. The highest BCUT2D eigenvalue weighted by Crippen LogP contribution is 2.19. The number of rotatable bonds is 3. The summed E-state index contributed by atoms with van der Waals surface area (Å²) in [4.78, 5) is 13.8. The Balaban J connectivity index is 1.99. The quantitative estimate of drug-likeness (QED) is 0.851. The minimum atomic E-state index is -0.815. The van der Waals surface area contributed by atoms with Gasteiger partial charge in [0.1, 0.15) is 5.54 Å². The van der Waals surface area contributed by atoms with Gasteiger partial charge in [0.15, 0.2) is 0 Å². The lowest BCUT2D eigenvalue weighted by Crippen LogP contribution is -2.54. The first kappa shape index (κ1) is 11.6. The predicted molar refractivity (Wildman–Crippen MR) is 63.1 cm³/mol. The minimum Gasteiger partial charge on any atom is -0.379 e. The molecule has 0 saturated carbocycles. The van der Waals surface area contributed by atoms with Crippen LogP contribution in [0.25, 0.3) is 0 Å². The molecule has 1 unspecified atom stereocenters. The summed E-state index contributed by atoms with van der Waals surface area (Å²) in [5.74, 6) is -0.0313. The van der Waals surface area contributed by atoms with E-state index in [4.69, 9.17) is 10.5 Å². The third kappa shape index (κ3) is 2.26. The average Bonchev–Trinajstić information content (AvgIpc) is 2.89. The molecule has 1 aromatic rings. The van der Waals surface area contributed by atoms with E-state index in [-0.39, 0.29) is 5.91 Å². The van der Waals surface area contributed by atoms with Crippen LogP contribution in [0.3, 0.4) is 0 Å². The number of hydrogen-bond acceptors (Lipinski definition) is 4. The van der Waals surface area contributed by atoms with Crippen molar-refractivity contribution in [1.29, 1.82) is 0 Å². The maximum Gasteiger partial charge on any atom is 0.245 e. The zero-order valence-corrected chi connectivity index (χ0v) is 10.1. The zero-order chi connectivity index (χ0) is 11.6. The van der Waals surface area contributed by atoms with Gasteiger partial charge < -0.3 is 15.4 Å². The topological polar surface area (TPSA) is 55.6 Å². The lowest BCUT2D eigenvalue weighted by atomic mass is 9.98. The van der Waals surface area contributed by atoms with Crippen molar-refractivity contribution in [3.8, 4) is 0 Å². The fourth-order valence-corrected chi connectivity index (χ4v) is 2.52. The number of amides is 1. The number of carbonyl (C=O) groups excluding carboxylic acids is 1. The lowest BCUT2D eigenvalue weighted by Gasteiger charge is -2.27. The second-order valence-corrected chi connectivity index (χ2v) is 5.03. The molecule has 1 aliphatic rings. The van der Waals surface area contributed by atoms with Gasteiger partial charge in [0.25, 0.3) is 0 Å². The van der Waals surface area contributed by atoms with E-state index < -0.39 is 5.54 Å². The van der Waals surface area contributed by atoms with Gasteiger partial charge in [-0.1, -0.05) is 0 Å². The van der Waals surface area contributed by atoms with Crippen molar-refractivity contribution >= 4 is 17.2 Å². The van der Waals surface area contributed by atoms with Gasteiger partial charge in [-0.15, -0.1) is 0 Å². The van der Waals surface area contributed by atoms with Crippen LogP contribution < -0.4 is 5.73 Å². The van der Waals surface area contributed by atoms with Crippen LogP contribution in [-0.2, 0) is 16.1 Å². The number of carbonyl (C=O) groups is 1. The number of ether oxygens (including phenoxy) is 1. The van der Waals surface area contributed by atoms with Gasteiger partial charge in [-0.05, 0) is 28.8 Å². The van der Waals surface area contributed by atoms with Crippen LogP contribution in [0.15, 0.2) is 16.8 Å². The first-order chi connectivity index (χ1) is 7.62. The summed E-state index contributed by atoms with van der Waals surface area (Å²) in [6, 6.07) is 2.02. The Morgan fingerprint density at radius 2 is 2.56 bits per heavy atom. The van der Waals surface area contributed by atoms with E-state index >= 15 is 0 Å². The summed E-state index contributed by atoms with van der Waals surface area (Å²) >= 11 is 1.63. The maximum atomic E-state index is 12.1. The van der Waals surface area contributed by atoms with E-state index in [2.05, 4.69) is 0 Å². The fourth-order valence-electron chi connectivity index (χ4n) is 1.86. The van der Waals surface area contributed by atoms with Gasteiger partial charge in [0.2, 0.25) is 5.91 Å². The van der Waals surface area contributed by atoms with Crippen LogP contribution in [0.5, 0.6) is 0 Å². The summed E-state index contributed by atoms with van der Waals surface area (Å²) in [7, 11) is 1.78. The summed E-state index contributed by atoms with van der Waals surface area (Å²) < 4.78 is 5.20. The third-order valence-electron chi connectivity index (χ3n) is 2.82. The van der Waals surface area contributed by atoms with E-state index in [9.17, 15) is 4.79 Å². The molecule has 1 aliphatic heterocycles. The average molecular weight is 240 g/mol. The standard InChI is InChI=1S/C11H16N2O2S/c1-13(6-9-2-5-16-7-9)10(14)11(12)3-4-15-8-11/h2,5,7H,3-4,6,8,12H2,1H3. The highest BCUT2D eigenvalue weighted by molar-refractivity contribution is 7.07. The molecule has 0 aromatic carbocycles. The van der Waals surface area contributed by atoms with Crippen LogP contribution in [0.4, 0.5) is 0 Å². The van der Waals surface area contributed by atoms with Gasteiger partial charge >= 0.3 is 0 Å². The maximum absolute atomic E-state index is 12.1. The van der Waals surface area contributed by atoms with Crippen molar-refractivity contribution in [3.05, 3.63) is 22.4 Å². The number of nitrogens with zero attached hydrogens (tertiary/aromatic N) is 1. The highest BCUT2D eigenvalue weighted by Gasteiger charge is 2.40. The number of hydrogen-bond donors (Lipinski definition) is 1. The molecule has 1 amide bonds.